The van der Waals surface area contributed by atoms with Crippen LogP contribution in [0.3, 0.4) is 0 Å². The molecule has 0 bridgehead atoms. The van der Waals surface area contributed by atoms with Crippen LogP contribution in [-0.2, 0) is 6.54 Å². The fourth-order valence-corrected chi connectivity index (χ4v) is 3.07. The van der Waals surface area contributed by atoms with Gasteiger partial charge in [-0.2, -0.15) is 0 Å². The average molecular weight is 282 g/mol. The molecule has 1 aliphatic rings. The molecular weight excluding hydrogens is 264 g/mol. The van der Waals surface area contributed by atoms with Crippen LogP contribution in [0.25, 0.3) is 0 Å². The van der Waals surface area contributed by atoms with Crippen LogP contribution in [0, 0.1) is 0 Å². The third-order valence-electron chi connectivity index (χ3n) is 2.95. The third kappa shape index (κ3) is 3.37. The summed E-state index contributed by atoms with van der Waals surface area (Å²) in [5.41, 5.74) is 1.31. The molecule has 0 saturated carbocycles. The van der Waals surface area contributed by atoms with Crippen LogP contribution in [0.5, 0.6) is 5.75 Å². The normalized spacial score (nSPS) is 17.0. The Bertz CT molecular complexity index is 408. The number of hydrogen-bond donors (Lipinski definition) is 0. The molecular formula is C13H18N2OS2. The first kappa shape index (κ1) is 13.6. The van der Waals surface area contributed by atoms with Crippen molar-refractivity contribution in [2.45, 2.75) is 13.5 Å². The smallest absolute Gasteiger partial charge is 0.138 e. The maximum absolute atomic E-state index is 5.32. The largest absolute Gasteiger partial charge is 0.497 e. The quantitative estimate of drug-likeness (QED) is 0.787. The van der Waals surface area contributed by atoms with Gasteiger partial charge in [-0.3, -0.25) is 4.90 Å². The lowest BCUT2D eigenvalue weighted by Crippen LogP contribution is -2.44. The first-order valence-electron chi connectivity index (χ1n) is 6.00. The van der Waals surface area contributed by atoms with Crippen LogP contribution in [-0.4, -0.2) is 40.3 Å². The molecule has 0 N–H and O–H groups in total. The van der Waals surface area contributed by atoms with Gasteiger partial charge >= 0.3 is 0 Å². The standard InChI is InChI=1S/C13H18N2OS2/c1-3-15-9-14(10-18-13(15)17)8-11-4-6-12(16-2)7-5-11/h4-7H,3,8-10H2,1-2H3. The van der Waals surface area contributed by atoms with E-state index in [0.29, 0.717) is 0 Å². The highest BCUT2D eigenvalue weighted by atomic mass is 32.2. The zero-order chi connectivity index (χ0) is 13.0. The molecule has 0 atom stereocenters. The summed E-state index contributed by atoms with van der Waals surface area (Å²) < 4.78 is 6.18. The van der Waals surface area contributed by atoms with E-state index in [1.54, 1.807) is 18.9 Å². The maximum atomic E-state index is 5.32. The topological polar surface area (TPSA) is 15.7 Å². The molecule has 0 aliphatic carbocycles. The first-order valence-corrected chi connectivity index (χ1v) is 7.39. The number of methoxy groups -OCH3 is 1. The Balaban J connectivity index is 1.94. The summed E-state index contributed by atoms with van der Waals surface area (Å²) in [5, 5.41) is 0. The number of thioether (sulfide) groups is 1. The second kappa shape index (κ2) is 6.41. The lowest BCUT2D eigenvalue weighted by Gasteiger charge is -2.36. The molecule has 0 unspecified atom stereocenters. The van der Waals surface area contributed by atoms with E-state index >= 15 is 0 Å². The summed E-state index contributed by atoms with van der Waals surface area (Å²) in [5.74, 6) is 1.88. The van der Waals surface area contributed by atoms with Crippen molar-refractivity contribution >= 4 is 28.3 Å². The van der Waals surface area contributed by atoms with Crippen molar-refractivity contribution in [3.05, 3.63) is 29.8 Å². The van der Waals surface area contributed by atoms with E-state index in [2.05, 4.69) is 28.9 Å². The zero-order valence-corrected chi connectivity index (χ0v) is 12.4. The van der Waals surface area contributed by atoms with E-state index in [9.17, 15) is 0 Å². The van der Waals surface area contributed by atoms with Crippen LogP contribution in [0.1, 0.15) is 12.5 Å². The highest BCUT2D eigenvalue weighted by Crippen LogP contribution is 2.21. The number of ether oxygens (including phenoxy) is 1. The molecule has 1 heterocycles. The number of benzene rings is 1. The third-order valence-corrected chi connectivity index (χ3v) is 4.56. The Morgan fingerprint density at radius 2 is 2.06 bits per heavy atom. The van der Waals surface area contributed by atoms with Gasteiger partial charge in [0.15, 0.2) is 0 Å². The fourth-order valence-electron chi connectivity index (χ4n) is 1.89. The molecule has 0 amide bonds. The van der Waals surface area contributed by atoms with Crippen molar-refractivity contribution in [2.75, 3.05) is 26.2 Å². The fraction of sp³-hybridized carbons (Fsp3) is 0.462. The van der Waals surface area contributed by atoms with E-state index in [1.165, 1.54) is 5.56 Å². The highest BCUT2D eigenvalue weighted by molar-refractivity contribution is 8.22. The molecule has 2 rings (SSSR count). The molecule has 1 saturated heterocycles. The molecule has 1 aromatic rings. The van der Waals surface area contributed by atoms with Gasteiger partial charge < -0.3 is 9.64 Å². The summed E-state index contributed by atoms with van der Waals surface area (Å²) in [4.78, 5) is 4.62. The Hall–Kier alpha value is -0.780. The lowest BCUT2D eigenvalue weighted by atomic mass is 10.2. The van der Waals surface area contributed by atoms with Gasteiger partial charge in [0.05, 0.1) is 19.7 Å². The van der Waals surface area contributed by atoms with E-state index in [0.717, 1.165) is 35.7 Å². The molecule has 1 aromatic carbocycles. The molecule has 1 aliphatic heterocycles. The Morgan fingerprint density at radius 1 is 1.33 bits per heavy atom. The summed E-state index contributed by atoms with van der Waals surface area (Å²) in [6.45, 7) is 5.00. The van der Waals surface area contributed by atoms with Crippen molar-refractivity contribution in [1.29, 1.82) is 0 Å². The molecule has 1 fully saturated rings. The summed E-state index contributed by atoms with van der Waals surface area (Å²) >= 11 is 7.07. The van der Waals surface area contributed by atoms with E-state index in [4.69, 9.17) is 17.0 Å². The van der Waals surface area contributed by atoms with Crippen molar-refractivity contribution in [3.63, 3.8) is 0 Å². The Kier molecular flexibility index (Phi) is 4.86. The zero-order valence-electron chi connectivity index (χ0n) is 10.8. The van der Waals surface area contributed by atoms with Gasteiger partial charge in [0.1, 0.15) is 10.1 Å². The van der Waals surface area contributed by atoms with Crippen LogP contribution >= 0.6 is 24.0 Å². The van der Waals surface area contributed by atoms with Crippen molar-refractivity contribution in [3.8, 4) is 5.75 Å². The molecule has 0 radical (unpaired) electrons. The predicted molar refractivity (Wildman–Crippen MR) is 80.8 cm³/mol. The van der Waals surface area contributed by atoms with Crippen molar-refractivity contribution < 1.29 is 4.74 Å². The van der Waals surface area contributed by atoms with Crippen molar-refractivity contribution in [1.82, 2.24) is 9.80 Å². The van der Waals surface area contributed by atoms with E-state index in [1.807, 2.05) is 12.1 Å². The number of thiocarbonyl (C=S) groups is 1. The molecule has 98 valence electrons. The summed E-state index contributed by atoms with van der Waals surface area (Å²) in [7, 11) is 1.69. The summed E-state index contributed by atoms with van der Waals surface area (Å²) in [6, 6.07) is 8.25. The van der Waals surface area contributed by atoms with Gasteiger partial charge in [0.25, 0.3) is 0 Å². The molecule has 0 aromatic heterocycles. The number of hydrogen-bond acceptors (Lipinski definition) is 4. The Labute approximate surface area is 118 Å². The van der Waals surface area contributed by atoms with Gasteiger partial charge in [-0.05, 0) is 24.6 Å². The number of nitrogens with zero attached hydrogens (tertiary/aromatic N) is 2. The van der Waals surface area contributed by atoms with Crippen LogP contribution in [0.4, 0.5) is 0 Å². The average Bonchev–Trinajstić information content (AvgIpc) is 2.42. The molecule has 0 spiro atoms. The van der Waals surface area contributed by atoms with Crippen LogP contribution in [0.2, 0.25) is 0 Å². The molecule has 5 heteroatoms. The number of rotatable bonds is 4. The van der Waals surface area contributed by atoms with Gasteiger partial charge in [0.2, 0.25) is 0 Å². The SMILES string of the molecule is CCN1CN(Cc2ccc(OC)cc2)CSC1=S. The van der Waals surface area contributed by atoms with Crippen LogP contribution < -0.4 is 4.74 Å². The second-order valence-corrected chi connectivity index (χ2v) is 5.79. The summed E-state index contributed by atoms with van der Waals surface area (Å²) in [6.07, 6.45) is 0. The van der Waals surface area contributed by atoms with E-state index in [-0.39, 0.29) is 0 Å². The van der Waals surface area contributed by atoms with Crippen molar-refractivity contribution in [2.24, 2.45) is 0 Å². The van der Waals surface area contributed by atoms with Gasteiger partial charge in [-0.25, -0.2) is 0 Å². The minimum atomic E-state index is 0.906. The second-order valence-electron chi connectivity index (χ2n) is 4.21. The highest BCUT2D eigenvalue weighted by Gasteiger charge is 2.20. The van der Waals surface area contributed by atoms with Gasteiger partial charge in [-0.15, -0.1) is 0 Å². The molecule has 18 heavy (non-hydrogen) atoms. The maximum Gasteiger partial charge on any atom is 0.138 e. The minimum absolute atomic E-state index is 0.906. The van der Waals surface area contributed by atoms with Gasteiger partial charge in [-0.1, -0.05) is 36.1 Å². The first-order chi connectivity index (χ1) is 8.72. The van der Waals surface area contributed by atoms with Crippen LogP contribution in [0.15, 0.2) is 24.3 Å². The molecule has 3 nitrogen and oxygen atoms in total. The van der Waals surface area contributed by atoms with E-state index < -0.39 is 0 Å². The monoisotopic (exact) mass is 282 g/mol. The predicted octanol–water partition coefficient (Wildman–Crippen LogP) is 2.77. The van der Waals surface area contributed by atoms with Gasteiger partial charge in [0, 0.05) is 13.1 Å². The lowest BCUT2D eigenvalue weighted by molar-refractivity contribution is 0.210. The Morgan fingerprint density at radius 3 is 2.67 bits per heavy atom. The minimum Gasteiger partial charge on any atom is -0.497 e.